The van der Waals surface area contributed by atoms with E-state index in [-0.39, 0.29) is 25.6 Å². The normalized spacial score (nSPS) is 22.5. The van der Waals surface area contributed by atoms with E-state index in [4.69, 9.17) is 9.47 Å². The second-order valence-electron chi connectivity index (χ2n) is 10.1. The van der Waals surface area contributed by atoms with E-state index in [9.17, 15) is 31.2 Å². The van der Waals surface area contributed by atoms with Gasteiger partial charge in [0.1, 0.15) is 11.6 Å². The summed E-state index contributed by atoms with van der Waals surface area (Å²) in [6.45, 7) is 7.61. The van der Waals surface area contributed by atoms with Crippen molar-refractivity contribution >= 4 is 21.9 Å². The zero-order chi connectivity index (χ0) is 26.9. The Labute approximate surface area is 209 Å². The van der Waals surface area contributed by atoms with Crippen LogP contribution < -0.4 is 0 Å². The van der Waals surface area contributed by atoms with Gasteiger partial charge in [0.05, 0.1) is 22.3 Å². The van der Waals surface area contributed by atoms with Crippen LogP contribution in [-0.4, -0.2) is 79.5 Å². The summed E-state index contributed by atoms with van der Waals surface area (Å²) in [7, 11) is -4.40. The smallest absolute Gasteiger partial charge is 0.417 e. The van der Waals surface area contributed by atoms with E-state index in [2.05, 4.69) is 0 Å². The van der Waals surface area contributed by atoms with E-state index in [0.717, 1.165) is 18.2 Å². The van der Waals surface area contributed by atoms with Crippen LogP contribution in [0.2, 0.25) is 0 Å². The first-order chi connectivity index (χ1) is 16.6. The van der Waals surface area contributed by atoms with Crippen molar-refractivity contribution in [3.8, 4) is 0 Å². The van der Waals surface area contributed by atoms with Gasteiger partial charge in [-0.25, -0.2) is 13.2 Å². The molecule has 0 saturated carbocycles. The number of esters is 1. The number of carbonyl (C=O) groups is 2. The monoisotopic (exact) mass is 534 g/mol. The number of carbonyl (C=O) groups excluding carboxylic acids is 2. The third-order valence-electron chi connectivity index (χ3n) is 6.38. The summed E-state index contributed by atoms with van der Waals surface area (Å²) in [6.07, 6.45) is -4.54. The fourth-order valence-electron chi connectivity index (χ4n) is 4.75. The Bertz CT molecular complexity index is 1060. The predicted molar refractivity (Wildman–Crippen MR) is 125 cm³/mol. The minimum absolute atomic E-state index is 0.0919. The topological polar surface area (TPSA) is 93.2 Å². The molecule has 3 rings (SSSR count). The lowest BCUT2D eigenvalue weighted by atomic mass is 10.0. The van der Waals surface area contributed by atoms with Gasteiger partial charge in [-0.15, -0.1) is 0 Å². The Kier molecular flexibility index (Phi) is 8.29. The number of piperidine rings is 1. The third kappa shape index (κ3) is 6.31. The second-order valence-corrected chi connectivity index (χ2v) is 12.3. The Morgan fingerprint density at radius 1 is 1.08 bits per heavy atom. The van der Waals surface area contributed by atoms with Gasteiger partial charge in [0.2, 0.25) is 0 Å². The minimum atomic E-state index is -4.84. The van der Waals surface area contributed by atoms with Crippen LogP contribution in [-0.2, 0) is 30.3 Å². The molecule has 8 nitrogen and oxygen atoms in total. The van der Waals surface area contributed by atoms with Gasteiger partial charge in [-0.2, -0.15) is 13.2 Å². The Morgan fingerprint density at radius 2 is 1.69 bits per heavy atom. The molecule has 2 atom stereocenters. The molecule has 1 amide bonds. The zero-order valence-corrected chi connectivity index (χ0v) is 21.7. The Balaban J connectivity index is 1.82. The van der Waals surface area contributed by atoms with Crippen LogP contribution in [0.3, 0.4) is 0 Å². The maximum Gasteiger partial charge on any atom is 0.417 e. The first-order valence-corrected chi connectivity index (χ1v) is 13.5. The van der Waals surface area contributed by atoms with E-state index >= 15 is 0 Å². The van der Waals surface area contributed by atoms with Gasteiger partial charge in [0, 0.05) is 25.7 Å². The summed E-state index contributed by atoms with van der Waals surface area (Å²) in [5.41, 5.74) is -1.87. The molecule has 2 saturated heterocycles. The third-order valence-corrected chi connectivity index (χ3v) is 8.57. The SMILES string of the molecule is CCOC(=O)C1CC(S(=O)(=O)c2ccccc2C(F)(F)F)CN1C1CCN(C(=O)OC(C)(C)C)CC1. The van der Waals surface area contributed by atoms with Crippen LogP contribution in [0.15, 0.2) is 29.2 Å². The number of ether oxygens (including phenoxy) is 2. The molecule has 2 heterocycles. The molecule has 0 spiro atoms. The molecule has 1 aromatic carbocycles. The summed E-state index contributed by atoms with van der Waals surface area (Å²) in [5, 5.41) is -1.21. The average Bonchev–Trinajstić information content (AvgIpc) is 3.24. The van der Waals surface area contributed by atoms with Crippen LogP contribution >= 0.6 is 0 Å². The first-order valence-electron chi connectivity index (χ1n) is 12.0. The van der Waals surface area contributed by atoms with Gasteiger partial charge < -0.3 is 14.4 Å². The summed E-state index contributed by atoms with van der Waals surface area (Å²) in [4.78, 5) is 27.6. The molecule has 0 aliphatic carbocycles. The molecular formula is C24H33F3N2O6S. The number of likely N-dealkylation sites (tertiary alicyclic amines) is 2. The molecule has 0 aromatic heterocycles. The molecule has 2 unspecified atom stereocenters. The highest BCUT2D eigenvalue weighted by atomic mass is 32.2. The molecule has 0 N–H and O–H groups in total. The summed E-state index contributed by atoms with van der Waals surface area (Å²) >= 11 is 0. The molecule has 2 fully saturated rings. The lowest BCUT2D eigenvalue weighted by Gasteiger charge is -2.39. The van der Waals surface area contributed by atoms with Crippen LogP contribution in [0, 0.1) is 0 Å². The number of rotatable bonds is 5. The van der Waals surface area contributed by atoms with Crippen molar-refractivity contribution < 1.29 is 40.7 Å². The molecule has 0 bridgehead atoms. The van der Waals surface area contributed by atoms with Gasteiger partial charge in [-0.1, -0.05) is 12.1 Å². The van der Waals surface area contributed by atoms with E-state index in [1.807, 2.05) is 0 Å². The van der Waals surface area contributed by atoms with Crippen molar-refractivity contribution in [2.75, 3.05) is 26.2 Å². The highest BCUT2D eigenvalue weighted by Gasteiger charge is 2.49. The number of hydrogen-bond donors (Lipinski definition) is 0. The van der Waals surface area contributed by atoms with Crippen molar-refractivity contribution in [3.05, 3.63) is 29.8 Å². The largest absolute Gasteiger partial charge is 0.465 e. The van der Waals surface area contributed by atoms with Crippen LogP contribution in [0.1, 0.15) is 52.5 Å². The molecule has 12 heteroatoms. The fourth-order valence-corrected chi connectivity index (χ4v) is 6.68. The van der Waals surface area contributed by atoms with Crippen molar-refractivity contribution in [2.24, 2.45) is 0 Å². The molecule has 1 aromatic rings. The zero-order valence-electron chi connectivity index (χ0n) is 20.9. The molecule has 202 valence electrons. The Hall–Kier alpha value is -2.34. The van der Waals surface area contributed by atoms with Crippen molar-refractivity contribution in [1.29, 1.82) is 0 Å². The molecular weight excluding hydrogens is 501 g/mol. The maximum absolute atomic E-state index is 13.6. The standard InChI is InChI=1S/C24H33F3N2O6S/c1-5-34-21(30)19-14-17(36(32,33)20-9-7-6-8-18(20)24(25,26)27)15-29(19)16-10-12-28(13-11-16)22(31)35-23(2,3)4/h6-9,16-17,19H,5,10-15H2,1-4H3. The quantitative estimate of drug-likeness (QED) is 0.530. The van der Waals surface area contributed by atoms with Gasteiger partial charge in [0.15, 0.2) is 9.84 Å². The fraction of sp³-hybridized carbons (Fsp3) is 0.667. The molecule has 2 aliphatic rings. The van der Waals surface area contributed by atoms with Crippen molar-refractivity contribution in [1.82, 2.24) is 9.80 Å². The number of amides is 1. The lowest BCUT2D eigenvalue weighted by Crippen LogP contribution is -2.51. The molecule has 36 heavy (non-hydrogen) atoms. The first kappa shape index (κ1) is 28.2. The number of benzene rings is 1. The summed E-state index contributed by atoms with van der Waals surface area (Å²) in [6, 6.07) is 2.96. The highest BCUT2D eigenvalue weighted by molar-refractivity contribution is 7.92. The van der Waals surface area contributed by atoms with Crippen LogP contribution in [0.25, 0.3) is 0 Å². The average molecular weight is 535 g/mol. The number of halogens is 3. The summed E-state index contributed by atoms with van der Waals surface area (Å²) < 4.78 is 78.0. The van der Waals surface area contributed by atoms with E-state index in [1.54, 1.807) is 37.5 Å². The van der Waals surface area contributed by atoms with Crippen molar-refractivity contribution in [2.45, 2.75) is 81.0 Å². The number of sulfone groups is 1. The number of alkyl halides is 3. The summed E-state index contributed by atoms with van der Waals surface area (Å²) in [5.74, 6) is -0.603. The minimum Gasteiger partial charge on any atom is -0.465 e. The second kappa shape index (κ2) is 10.6. The number of hydrogen-bond acceptors (Lipinski definition) is 7. The molecule has 2 aliphatic heterocycles. The van der Waals surface area contributed by atoms with Crippen molar-refractivity contribution in [3.63, 3.8) is 0 Å². The predicted octanol–water partition coefficient (Wildman–Crippen LogP) is 3.88. The Morgan fingerprint density at radius 3 is 2.25 bits per heavy atom. The lowest BCUT2D eigenvalue weighted by molar-refractivity contribution is -0.149. The van der Waals surface area contributed by atoms with E-state index < -0.39 is 55.4 Å². The van der Waals surface area contributed by atoms with E-state index in [1.165, 1.54) is 6.07 Å². The van der Waals surface area contributed by atoms with Gasteiger partial charge in [-0.3, -0.25) is 9.69 Å². The van der Waals surface area contributed by atoms with Crippen LogP contribution in [0.5, 0.6) is 0 Å². The van der Waals surface area contributed by atoms with Gasteiger partial charge >= 0.3 is 18.2 Å². The highest BCUT2D eigenvalue weighted by Crippen LogP contribution is 2.38. The molecule has 0 radical (unpaired) electrons. The van der Waals surface area contributed by atoms with Gasteiger partial charge in [-0.05, 0) is 59.1 Å². The van der Waals surface area contributed by atoms with Crippen LogP contribution in [0.4, 0.5) is 18.0 Å². The van der Waals surface area contributed by atoms with Gasteiger partial charge in [0.25, 0.3) is 0 Å². The van der Waals surface area contributed by atoms with E-state index in [0.29, 0.717) is 25.9 Å². The maximum atomic E-state index is 13.6. The number of nitrogens with zero attached hydrogens (tertiary/aromatic N) is 2.